The molecular weight excluding hydrogens is 401 g/mol. The van der Waals surface area contributed by atoms with Crippen molar-refractivity contribution in [2.75, 3.05) is 19.7 Å². The van der Waals surface area contributed by atoms with E-state index in [0.717, 1.165) is 24.8 Å². The van der Waals surface area contributed by atoms with E-state index in [0.29, 0.717) is 42.2 Å². The van der Waals surface area contributed by atoms with E-state index in [-0.39, 0.29) is 24.2 Å². The largest absolute Gasteiger partial charge is 0.447 e. The Balaban J connectivity index is 1.50. The summed E-state index contributed by atoms with van der Waals surface area (Å²) in [5.74, 6) is 0.507. The molecule has 1 aromatic rings. The van der Waals surface area contributed by atoms with Crippen LogP contribution in [-0.2, 0) is 11.3 Å². The van der Waals surface area contributed by atoms with E-state index in [9.17, 15) is 9.59 Å². The maximum absolute atomic E-state index is 12.5. The highest BCUT2D eigenvalue weighted by molar-refractivity contribution is 6.35. The summed E-state index contributed by atoms with van der Waals surface area (Å²) in [5.41, 5.74) is 0.825. The molecule has 0 aliphatic carbocycles. The molecule has 0 radical (unpaired) electrons. The second-order valence-corrected chi connectivity index (χ2v) is 8.72. The number of ether oxygens (including phenoxy) is 1. The van der Waals surface area contributed by atoms with Crippen LogP contribution < -0.4 is 5.32 Å². The molecule has 28 heavy (non-hydrogen) atoms. The fraction of sp³-hybridized carbons (Fsp3) is 0.600. The predicted octanol–water partition coefficient (Wildman–Crippen LogP) is 4.53. The number of rotatable bonds is 5. The Hall–Kier alpha value is -1.66. The van der Waals surface area contributed by atoms with Crippen molar-refractivity contribution in [2.24, 2.45) is 5.92 Å². The van der Waals surface area contributed by atoms with Gasteiger partial charge in [-0.2, -0.15) is 0 Å². The number of amides is 3. The molecule has 0 bridgehead atoms. The summed E-state index contributed by atoms with van der Waals surface area (Å²) in [4.78, 5) is 28.4. The molecule has 8 heteroatoms. The van der Waals surface area contributed by atoms with Crippen LogP contribution in [-0.4, -0.2) is 53.7 Å². The lowest BCUT2D eigenvalue weighted by Gasteiger charge is -2.38. The molecule has 2 fully saturated rings. The fourth-order valence-electron chi connectivity index (χ4n) is 3.94. The van der Waals surface area contributed by atoms with Crippen LogP contribution in [0.15, 0.2) is 18.2 Å². The number of carbonyl (C=O) groups excluding carboxylic acids is 2. The number of hydrogen-bond acceptors (Lipinski definition) is 3. The van der Waals surface area contributed by atoms with Crippen molar-refractivity contribution in [3.05, 3.63) is 33.8 Å². The number of hydrogen-bond donors (Lipinski definition) is 1. The zero-order valence-electron chi connectivity index (χ0n) is 16.3. The Kier molecular flexibility index (Phi) is 6.94. The van der Waals surface area contributed by atoms with Gasteiger partial charge in [-0.3, -0.25) is 4.90 Å². The summed E-state index contributed by atoms with van der Waals surface area (Å²) in [5, 5.41) is 4.02. The maximum atomic E-state index is 12.5. The van der Waals surface area contributed by atoms with Gasteiger partial charge in [0, 0.05) is 35.7 Å². The second-order valence-electron chi connectivity index (χ2n) is 7.88. The van der Waals surface area contributed by atoms with Crippen LogP contribution in [0.4, 0.5) is 9.59 Å². The average molecular weight is 428 g/mol. The Morgan fingerprint density at radius 2 is 2.00 bits per heavy atom. The van der Waals surface area contributed by atoms with Gasteiger partial charge < -0.3 is 15.0 Å². The third-order valence-electron chi connectivity index (χ3n) is 5.34. The number of nitrogens with zero attached hydrogens (tertiary/aromatic N) is 2. The topological polar surface area (TPSA) is 61.9 Å². The monoisotopic (exact) mass is 427 g/mol. The van der Waals surface area contributed by atoms with Gasteiger partial charge in [-0.25, -0.2) is 9.59 Å². The first-order chi connectivity index (χ1) is 13.3. The number of urea groups is 1. The van der Waals surface area contributed by atoms with Crippen LogP contribution in [0, 0.1) is 5.92 Å². The first-order valence-electron chi connectivity index (χ1n) is 9.77. The first-order valence-corrected chi connectivity index (χ1v) is 10.5. The Morgan fingerprint density at radius 1 is 1.29 bits per heavy atom. The third kappa shape index (κ3) is 5.03. The van der Waals surface area contributed by atoms with E-state index < -0.39 is 0 Å². The van der Waals surface area contributed by atoms with Crippen molar-refractivity contribution in [2.45, 2.75) is 51.7 Å². The van der Waals surface area contributed by atoms with Crippen molar-refractivity contribution >= 4 is 35.3 Å². The number of cyclic esters (lactones) is 1. The molecule has 2 heterocycles. The molecule has 0 spiro atoms. The van der Waals surface area contributed by atoms with Crippen LogP contribution in [0.2, 0.25) is 10.0 Å². The van der Waals surface area contributed by atoms with E-state index in [1.165, 1.54) is 0 Å². The van der Waals surface area contributed by atoms with E-state index in [2.05, 4.69) is 19.2 Å². The normalized spacial score (nSPS) is 20.6. The molecule has 2 aliphatic heterocycles. The summed E-state index contributed by atoms with van der Waals surface area (Å²) in [6, 6.07) is 5.39. The highest BCUT2D eigenvalue weighted by Gasteiger charge is 2.39. The highest BCUT2D eigenvalue weighted by Crippen LogP contribution is 2.27. The number of nitrogens with one attached hydrogen (secondary N) is 1. The highest BCUT2D eigenvalue weighted by atomic mass is 35.5. The van der Waals surface area contributed by atoms with Gasteiger partial charge in [-0.1, -0.05) is 43.1 Å². The third-order valence-corrected chi connectivity index (χ3v) is 5.92. The summed E-state index contributed by atoms with van der Waals surface area (Å²) in [6.07, 6.45) is 2.25. The van der Waals surface area contributed by atoms with E-state index in [1.54, 1.807) is 17.0 Å². The Bertz CT molecular complexity index is 721. The first kappa shape index (κ1) is 21.1. The number of carbonyl (C=O) groups is 2. The van der Waals surface area contributed by atoms with Gasteiger partial charge in [0.05, 0.1) is 6.04 Å². The van der Waals surface area contributed by atoms with Gasteiger partial charge in [-0.05, 0) is 42.9 Å². The lowest BCUT2D eigenvalue weighted by atomic mass is 9.98. The SMILES string of the molecule is CC(C)CC1COC(=O)N1C1CCN(C(=O)NCc2ccc(Cl)cc2Cl)CC1. The molecule has 0 aromatic heterocycles. The Morgan fingerprint density at radius 3 is 2.64 bits per heavy atom. The van der Waals surface area contributed by atoms with Crippen molar-refractivity contribution < 1.29 is 14.3 Å². The molecule has 3 rings (SSSR count). The van der Waals surface area contributed by atoms with Gasteiger partial charge in [0.15, 0.2) is 0 Å². The zero-order valence-corrected chi connectivity index (χ0v) is 17.8. The maximum Gasteiger partial charge on any atom is 0.410 e. The molecule has 1 N–H and O–H groups in total. The lowest BCUT2D eigenvalue weighted by Crippen LogP contribution is -2.51. The van der Waals surface area contributed by atoms with Crippen molar-refractivity contribution in [1.82, 2.24) is 15.1 Å². The van der Waals surface area contributed by atoms with Crippen LogP contribution in [0.3, 0.4) is 0 Å². The van der Waals surface area contributed by atoms with Gasteiger partial charge >= 0.3 is 12.1 Å². The quantitative estimate of drug-likeness (QED) is 0.750. The van der Waals surface area contributed by atoms with Crippen molar-refractivity contribution in [3.8, 4) is 0 Å². The summed E-state index contributed by atoms with van der Waals surface area (Å²) < 4.78 is 5.29. The molecule has 1 unspecified atom stereocenters. The fourth-order valence-corrected chi connectivity index (χ4v) is 4.41. The molecular formula is C20H27Cl2N3O3. The lowest BCUT2D eigenvalue weighted by molar-refractivity contribution is 0.109. The smallest absolute Gasteiger partial charge is 0.410 e. The molecule has 0 saturated carbocycles. The van der Waals surface area contributed by atoms with Gasteiger partial charge in [0.1, 0.15) is 6.61 Å². The van der Waals surface area contributed by atoms with Crippen molar-refractivity contribution in [3.63, 3.8) is 0 Å². The number of piperidine rings is 1. The summed E-state index contributed by atoms with van der Waals surface area (Å²) in [7, 11) is 0. The minimum Gasteiger partial charge on any atom is -0.447 e. The van der Waals surface area contributed by atoms with Crippen molar-refractivity contribution in [1.29, 1.82) is 0 Å². The van der Waals surface area contributed by atoms with Crippen LogP contribution in [0.5, 0.6) is 0 Å². The van der Waals surface area contributed by atoms with E-state index in [1.807, 2.05) is 11.0 Å². The number of benzene rings is 1. The molecule has 154 valence electrons. The molecule has 1 aromatic carbocycles. The molecule has 2 saturated heterocycles. The van der Waals surface area contributed by atoms with Crippen LogP contribution in [0.1, 0.15) is 38.7 Å². The van der Waals surface area contributed by atoms with Crippen LogP contribution in [0.25, 0.3) is 0 Å². The van der Waals surface area contributed by atoms with E-state index >= 15 is 0 Å². The van der Waals surface area contributed by atoms with E-state index in [4.69, 9.17) is 27.9 Å². The second kappa shape index (κ2) is 9.23. The zero-order chi connectivity index (χ0) is 20.3. The number of halogens is 2. The Labute approximate surface area is 176 Å². The molecule has 3 amide bonds. The predicted molar refractivity (Wildman–Crippen MR) is 110 cm³/mol. The van der Waals surface area contributed by atoms with Gasteiger partial charge in [-0.15, -0.1) is 0 Å². The number of likely N-dealkylation sites (tertiary alicyclic amines) is 1. The minimum atomic E-state index is -0.217. The molecule has 6 nitrogen and oxygen atoms in total. The summed E-state index contributed by atoms with van der Waals surface area (Å²) in [6.45, 7) is 6.36. The van der Waals surface area contributed by atoms with Gasteiger partial charge in [0.2, 0.25) is 0 Å². The standard InChI is InChI=1S/C20H27Cl2N3O3/c1-13(2)9-17-12-28-20(27)25(17)16-5-7-24(8-6-16)19(26)23-11-14-3-4-15(21)10-18(14)22/h3-4,10,13,16-17H,5-9,11-12H2,1-2H3,(H,23,26). The van der Waals surface area contributed by atoms with Crippen LogP contribution >= 0.6 is 23.2 Å². The molecule has 1 atom stereocenters. The summed E-state index contributed by atoms with van der Waals surface area (Å²) >= 11 is 12.1. The minimum absolute atomic E-state index is 0.118. The average Bonchev–Trinajstić information content (AvgIpc) is 3.00. The molecule has 2 aliphatic rings. The van der Waals surface area contributed by atoms with Gasteiger partial charge in [0.25, 0.3) is 0 Å².